The van der Waals surface area contributed by atoms with Crippen molar-refractivity contribution < 1.29 is 19.1 Å². The highest BCUT2D eigenvalue weighted by Crippen LogP contribution is 2.34. The van der Waals surface area contributed by atoms with Crippen molar-refractivity contribution in [3.63, 3.8) is 0 Å². The van der Waals surface area contributed by atoms with Crippen LogP contribution in [0.5, 0.6) is 11.5 Å². The highest BCUT2D eigenvalue weighted by Gasteiger charge is 2.34. The maximum atomic E-state index is 14.0. The SMILES string of the molecule is CC(C)c1ccc([C@@H](C(=O)NC2CCCCC2)N(Cc2ccc3c(c2)OCO3)C(=O)c2cnccn2)cc1. The van der Waals surface area contributed by atoms with E-state index in [1.807, 2.05) is 42.5 Å². The van der Waals surface area contributed by atoms with Gasteiger partial charge in [0.2, 0.25) is 12.7 Å². The van der Waals surface area contributed by atoms with E-state index < -0.39 is 6.04 Å². The number of carbonyl (C=O) groups excluding carboxylic acids is 2. The Kier molecular flexibility index (Phi) is 7.86. The van der Waals surface area contributed by atoms with Gasteiger partial charge < -0.3 is 19.7 Å². The van der Waals surface area contributed by atoms with Crippen LogP contribution in [0.2, 0.25) is 0 Å². The van der Waals surface area contributed by atoms with Gasteiger partial charge in [0.15, 0.2) is 11.5 Å². The highest BCUT2D eigenvalue weighted by molar-refractivity contribution is 5.96. The Morgan fingerprint density at radius 1 is 0.974 bits per heavy atom. The van der Waals surface area contributed by atoms with Crippen LogP contribution in [0.15, 0.2) is 61.1 Å². The molecule has 0 bridgehead atoms. The third kappa shape index (κ3) is 5.79. The van der Waals surface area contributed by atoms with E-state index in [-0.39, 0.29) is 36.9 Å². The van der Waals surface area contributed by atoms with Crippen LogP contribution >= 0.6 is 0 Å². The summed E-state index contributed by atoms with van der Waals surface area (Å²) in [5.74, 6) is 1.08. The number of nitrogens with one attached hydrogen (secondary N) is 1. The van der Waals surface area contributed by atoms with Gasteiger partial charge in [0.25, 0.3) is 5.91 Å². The van der Waals surface area contributed by atoms with E-state index in [1.54, 1.807) is 4.90 Å². The molecule has 0 radical (unpaired) electrons. The first kappa shape index (κ1) is 25.7. The molecule has 38 heavy (non-hydrogen) atoms. The molecule has 1 atom stereocenters. The number of hydrogen-bond acceptors (Lipinski definition) is 6. The summed E-state index contributed by atoms with van der Waals surface area (Å²) in [6.07, 6.45) is 9.73. The lowest BCUT2D eigenvalue weighted by Crippen LogP contribution is -2.47. The van der Waals surface area contributed by atoms with Gasteiger partial charge in [-0.2, -0.15) is 0 Å². The lowest BCUT2D eigenvalue weighted by Gasteiger charge is -2.33. The van der Waals surface area contributed by atoms with Crippen molar-refractivity contribution in [2.24, 2.45) is 0 Å². The van der Waals surface area contributed by atoms with Crippen molar-refractivity contribution in [3.05, 3.63) is 83.4 Å². The predicted octanol–water partition coefficient (Wildman–Crippen LogP) is 5.16. The second kappa shape index (κ2) is 11.6. The second-order valence-electron chi connectivity index (χ2n) is 10.3. The number of nitrogens with zero attached hydrogens (tertiary/aromatic N) is 3. The Morgan fingerprint density at radius 2 is 1.71 bits per heavy atom. The zero-order valence-corrected chi connectivity index (χ0v) is 21.9. The molecule has 8 heteroatoms. The van der Waals surface area contributed by atoms with Gasteiger partial charge in [-0.1, -0.05) is 63.4 Å². The second-order valence-corrected chi connectivity index (χ2v) is 10.3. The molecule has 2 heterocycles. The molecule has 0 unspecified atom stereocenters. The minimum absolute atomic E-state index is 0.104. The summed E-state index contributed by atoms with van der Waals surface area (Å²) in [6.45, 7) is 4.61. The number of carbonyl (C=O) groups is 2. The fourth-order valence-corrected chi connectivity index (χ4v) is 5.14. The smallest absolute Gasteiger partial charge is 0.275 e. The number of rotatable bonds is 8. The van der Waals surface area contributed by atoms with Gasteiger partial charge in [-0.15, -0.1) is 0 Å². The summed E-state index contributed by atoms with van der Waals surface area (Å²) in [5, 5.41) is 3.26. The first-order chi connectivity index (χ1) is 18.5. The van der Waals surface area contributed by atoms with Crippen LogP contribution in [0.25, 0.3) is 0 Å². The number of benzene rings is 2. The molecule has 1 fully saturated rings. The van der Waals surface area contributed by atoms with Crippen molar-refractivity contribution in [3.8, 4) is 11.5 Å². The number of fused-ring (bicyclic) bond motifs is 1. The van der Waals surface area contributed by atoms with Crippen molar-refractivity contribution >= 4 is 11.8 Å². The lowest BCUT2D eigenvalue weighted by atomic mass is 9.94. The van der Waals surface area contributed by atoms with Crippen LogP contribution < -0.4 is 14.8 Å². The van der Waals surface area contributed by atoms with Crippen molar-refractivity contribution in [1.82, 2.24) is 20.2 Å². The van der Waals surface area contributed by atoms with Crippen molar-refractivity contribution in [1.29, 1.82) is 0 Å². The Bertz CT molecular complexity index is 1260. The van der Waals surface area contributed by atoms with Crippen molar-refractivity contribution in [2.45, 2.75) is 70.5 Å². The first-order valence-electron chi connectivity index (χ1n) is 13.4. The van der Waals surface area contributed by atoms with Gasteiger partial charge in [-0.25, -0.2) is 4.98 Å². The summed E-state index contributed by atoms with van der Waals surface area (Å²) in [7, 11) is 0. The van der Waals surface area contributed by atoms with Crippen LogP contribution in [-0.4, -0.2) is 39.5 Å². The molecule has 198 valence electrons. The maximum absolute atomic E-state index is 14.0. The van der Waals surface area contributed by atoms with Gasteiger partial charge in [0.1, 0.15) is 11.7 Å². The van der Waals surface area contributed by atoms with Crippen molar-refractivity contribution in [2.75, 3.05) is 6.79 Å². The Morgan fingerprint density at radius 3 is 2.42 bits per heavy atom. The van der Waals surface area contributed by atoms with Gasteiger partial charge in [0, 0.05) is 25.0 Å². The number of aromatic nitrogens is 2. The molecule has 1 aliphatic heterocycles. The maximum Gasteiger partial charge on any atom is 0.275 e. The molecule has 8 nitrogen and oxygen atoms in total. The van der Waals surface area contributed by atoms with Gasteiger partial charge in [-0.05, 0) is 47.6 Å². The molecule has 0 saturated heterocycles. The summed E-state index contributed by atoms with van der Waals surface area (Å²) >= 11 is 0. The highest BCUT2D eigenvalue weighted by atomic mass is 16.7. The zero-order chi connectivity index (χ0) is 26.5. The Labute approximate surface area is 223 Å². The van der Waals surface area contributed by atoms with E-state index in [0.717, 1.165) is 36.8 Å². The number of amides is 2. The molecule has 2 aliphatic rings. The molecule has 0 spiro atoms. The fourth-order valence-electron chi connectivity index (χ4n) is 5.14. The monoisotopic (exact) mass is 514 g/mol. The van der Waals surface area contributed by atoms with Crippen LogP contribution in [0, 0.1) is 0 Å². The first-order valence-corrected chi connectivity index (χ1v) is 13.4. The Balaban J connectivity index is 1.54. The van der Waals surface area contributed by atoms with Gasteiger partial charge in [0.05, 0.1) is 6.20 Å². The molecule has 1 N–H and O–H groups in total. The van der Waals surface area contributed by atoms with E-state index in [0.29, 0.717) is 17.4 Å². The van der Waals surface area contributed by atoms with E-state index in [9.17, 15) is 9.59 Å². The average molecular weight is 515 g/mol. The van der Waals surface area contributed by atoms with E-state index in [2.05, 4.69) is 29.1 Å². The van der Waals surface area contributed by atoms with Crippen LogP contribution in [0.4, 0.5) is 0 Å². The summed E-state index contributed by atoms with van der Waals surface area (Å²) in [6, 6.07) is 12.8. The molecule has 5 rings (SSSR count). The molecule has 1 aromatic heterocycles. The summed E-state index contributed by atoms with van der Waals surface area (Å²) in [4.78, 5) is 37.9. The molecule has 3 aromatic rings. The zero-order valence-electron chi connectivity index (χ0n) is 21.9. The molecule has 1 saturated carbocycles. The summed E-state index contributed by atoms with van der Waals surface area (Å²) < 4.78 is 11.0. The molecular formula is C30H34N4O4. The van der Waals surface area contributed by atoms with Gasteiger partial charge in [-0.3, -0.25) is 14.6 Å². The largest absolute Gasteiger partial charge is 0.454 e. The normalized spacial score (nSPS) is 15.8. The standard InChI is InChI=1S/C30H34N4O4/c1-20(2)22-9-11-23(12-10-22)28(29(35)33-24-6-4-3-5-7-24)34(30(36)25-17-31-14-15-32-25)18-21-8-13-26-27(16-21)38-19-37-26/h8-17,20,24,28H,3-7,18-19H2,1-2H3,(H,33,35)/t28-/m0/s1. The van der Waals surface area contributed by atoms with E-state index in [4.69, 9.17) is 9.47 Å². The van der Waals surface area contributed by atoms with Crippen LogP contribution in [0.3, 0.4) is 0 Å². The molecule has 1 aliphatic carbocycles. The number of ether oxygens (including phenoxy) is 2. The van der Waals surface area contributed by atoms with Gasteiger partial charge >= 0.3 is 0 Å². The minimum atomic E-state index is -0.849. The van der Waals surface area contributed by atoms with E-state index in [1.165, 1.54) is 30.6 Å². The Hall–Kier alpha value is -3.94. The topological polar surface area (TPSA) is 93.7 Å². The van der Waals surface area contributed by atoms with Crippen LogP contribution in [0.1, 0.15) is 85.1 Å². The third-order valence-corrected chi connectivity index (χ3v) is 7.26. The molecule has 2 aromatic carbocycles. The third-order valence-electron chi connectivity index (χ3n) is 7.26. The van der Waals surface area contributed by atoms with E-state index >= 15 is 0 Å². The summed E-state index contributed by atoms with van der Waals surface area (Å²) in [5.41, 5.74) is 2.92. The average Bonchev–Trinajstić information content (AvgIpc) is 3.42. The fraction of sp³-hybridized carbons (Fsp3) is 0.400. The minimum Gasteiger partial charge on any atom is -0.454 e. The predicted molar refractivity (Wildman–Crippen MR) is 143 cm³/mol. The molecule has 2 amide bonds. The van der Waals surface area contributed by atoms with Crippen LogP contribution in [-0.2, 0) is 11.3 Å². The number of hydrogen-bond donors (Lipinski definition) is 1. The molecular weight excluding hydrogens is 480 g/mol. The lowest BCUT2D eigenvalue weighted by molar-refractivity contribution is -0.127. The quantitative estimate of drug-likeness (QED) is 0.446.